The van der Waals surface area contributed by atoms with Crippen LogP contribution in [0.4, 0.5) is 0 Å². The largest absolute Gasteiger partial charge is 0.333 e. The minimum absolute atomic E-state index is 0.586. The van der Waals surface area contributed by atoms with Crippen LogP contribution in [0.15, 0.2) is 12.5 Å². The smallest absolute Gasteiger partial charge is 0.0948 e. The molecule has 0 aliphatic carbocycles. The molecule has 0 bridgehead atoms. The fourth-order valence-electron chi connectivity index (χ4n) is 1.25. The van der Waals surface area contributed by atoms with E-state index in [9.17, 15) is 0 Å². The summed E-state index contributed by atoms with van der Waals surface area (Å²) in [5, 5.41) is 0. The summed E-state index contributed by atoms with van der Waals surface area (Å²) in [5.41, 5.74) is 6.69. The summed E-state index contributed by atoms with van der Waals surface area (Å²) < 4.78 is 2.14. The van der Waals surface area contributed by atoms with E-state index in [1.807, 2.05) is 24.3 Å². The van der Waals surface area contributed by atoms with E-state index in [2.05, 4.69) is 15.8 Å². The average Bonchev–Trinajstić information content (AvgIpc) is 2.60. The minimum atomic E-state index is 0.586. The van der Waals surface area contributed by atoms with Gasteiger partial charge in [-0.2, -0.15) is 11.8 Å². The molecule has 0 radical (unpaired) electrons. The van der Waals surface area contributed by atoms with E-state index >= 15 is 0 Å². The molecule has 0 spiro atoms. The van der Waals surface area contributed by atoms with E-state index < -0.39 is 0 Å². The minimum Gasteiger partial charge on any atom is -0.333 e. The molecule has 1 heterocycles. The van der Waals surface area contributed by atoms with Crippen molar-refractivity contribution in [3.8, 4) is 0 Å². The molecule has 13 heavy (non-hydrogen) atoms. The molecular formula is C9H17N3S. The number of imidazole rings is 1. The first-order chi connectivity index (χ1) is 6.38. The van der Waals surface area contributed by atoms with Crippen LogP contribution in [0.5, 0.6) is 0 Å². The van der Waals surface area contributed by atoms with E-state index in [0.29, 0.717) is 6.54 Å². The van der Waals surface area contributed by atoms with Crippen LogP contribution in [-0.4, -0.2) is 21.6 Å². The van der Waals surface area contributed by atoms with Gasteiger partial charge in [-0.1, -0.05) is 0 Å². The maximum absolute atomic E-state index is 5.56. The molecule has 0 aliphatic rings. The maximum Gasteiger partial charge on any atom is 0.0948 e. The molecular weight excluding hydrogens is 182 g/mol. The van der Waals surface area contributed by atoms with Crippen LogP contribution in [-0.2, 0) is 13.1 Å². The van der Waals surface area contributed by atoms with Gasteiger partial charge in [0.1, 0.15) is 0 Å². The maximum atomic E-state index is 5.56. The first-order valence-corrected chi connectivity index (χ1v) is 5.96. The summed E-state index contributed by atoms with van der Waals surface area (Å²) in [6.07, 6.45) is 8.33. The number of aryl methyl sites for hydroxylation is 1. The molecule has 0 aromatic carbocycles. The predicted octanol–water partition coefficient (Wildman–Crippen LogP) is 1.48. The third-order valence-corrected chi connectivity index (χ3v) is 2.70. The number of unbranched alkanes of at least 4 members (excludes halogenated alkanes) is 1. The molecule has 0 fully saturated rings. The number of hydrogen-bond acceptors (Lipinski definition) is 3. The Bertz CT molecular complexity index is 235. The van der Waals surface area contributed by atoms with Gasteiger partial charge in [0.2, 0.25) is 0 Å². The first kappa shape index (κ1) is 10.6. The Hall–Kier alpha value is -0.480. The van der Waals surface area contributed by atoms with Crippen LogP contribution >= 0.6 is 11.8 Å². The quantitative estimate of drug-likeness (QED) is 0.706. The van der Waals surface area contributed by atoms with Crippen molar-refractivity contribution in [2.45, 2.75) is 25.9 Å². The Balaban J connectivity index is 2.27. The third kappa shape index (κ3) is 3.40. The second-order valence-corrected chi connectivity index (χ2v) is 3.97. The van der Waals surface area contributed by atoms with Gasteiger partial charge in [0.05, 0.1) is 12.0 Å². The van der Waals surface area contributed by atoms with Crippen LogP contribution in [0.3, 0.4) is 0 Å². The Kier molecular flexibility index (Phi) is 4.93. The summed E-state index contributed by atoms with van der Waals surface area (Å²) in [7, 11) is 0. The number of nitrogens with zero attached hydrogens (tertiary/aromatic N) is 2. The molecule has 0 amide bonds. The van der Waals surface area contributed by atoms with Crippen molar-refractivity contribution in [2.75, 3.05) is 12.0 Å². The number of rotatable bonds is 6. The van der Waals surface area contributed by atoms with E-state index in [1.165, 1.54) is 18.6 Å². The van der Waals surface area contributed by atoms with Gasteiger partial charge in [0.25, 0.3) is 0 Å². The summed E-state index contributed by atoms with van der Waals surface area (Å²) in [6, 6.07) is 0. The molecule has 4 heteroatoms. The zero-order chi connectivity index (χ0) is 9.52. The molecule has 74 valence electrons. The van der Waals surface area contributed by atoms with Crippen LogP contribution in [0.1, 0.15) is 18.5 Å². The highest BCUT2D eigenvalue weighted by atomic mass is 32.2. The molecule has 0 atom stereocenters. The molecule has 0 saturated heterocycles. The highest BCUT2D eigenvalue weighted by molar-refractivity contribution is 7.98. The fourth-order valence-corrected chi connectivity index (χ4v) is 1.74. The lowest BCUT2D eigenvalue weighted by molar-refractivity contribution is 0.611. The standard InChI is InChI=1S/C9H17N3S/c1-13-5-3-2-4-12-8-11-7-9(12)6-10/h7-8H,2-6,10H2,1H3. The lowest BCUT2D eigenvalue weighted by Crippen LogP contribution is -2.06. The van der Waals surface area contributed by atoms with Gasteiger partial charge in [0.15, 0.2) is 0 Å². The van der Waals surface area contributed by atoms with Gasteiger partial charge >= 0.3 is 0 Å². The van der Waals surface area contributed by atoms with E-state index in [0.717, 1.165) is 12.2 Å². The SMILES string of the molecule is CSCCCCn1cncc1CN. The number of thioether (sulfide) groups is 1. The van der Waals surface area contributed by atoms with E-state index in [1.54, 1.807) is 0 Å². The monoisotopic (exact) mass is 199 g/mol. The van der Waals surface area contributed by atoms with Crippen LogP contribution in [0.25, 0.3) is 0 Å². The van der Waals surface area contributed by atoms with Gasteiger partial charge in [-0.05, 0) is 24.9 Å². The summed E-state index contributed by atoms with van der Waals surface area (Å²) in [4.78, 5) is 4.07. The molecule has 1 aromatic rings. The second kappa shape index (κ2) is 6.05. The van der Waals surface area contributed by atoms with Crippen LogP contribution < -0.4 is 5.73 Å². The van der Waals surface area contributed by atoms with Crippen molar-refractivity contribution in [1.29, 1.82) is 0 Å². The lowest BCUT2D eigenvalue weighted by Gasteiger charge is -2.05. The third-order valence-electron chi connectivity index (χ3n) is 2.01. The van der Waals surface area contributed by atoms with Crippen molar-refractivity contribution in [3.05, 3.63) is 18.2 Å². The van der Waals surface area contributed by atoms with Crippen molar-refractivity contribution < 1.29 is 0 Å². The highest BCUT2D eigenvalue weighted by Crippen LogP contribution is 2.04. The molecule has 3 nitrogen and oxygen atoms in total. The Morgan fingerprint density at radius 2 is 2.38 bits per heavy atom. The topological polar surface area (TPSA) is 43.8 Å². The van der Waals surface area contributed by atoms with E-state index in [-0.39, 0.29) is 0 Å². The fraction of sp³-hybridized carbons (Fsp3) is 0.667. The second-order valence-electron chi connectivity index (χ2n) is 2.98. The molecule has 1 aromatic heterocycles. The normalized spacial score (nSPS) is 10.6. The van der Waals surface area contributed by atoms with Crippen molar-refractivity contribution >= 4 is 11.8 Å². The zero-order valence-corrected chi connectivity index (χ0v) is 8.89. The Labute approximate surface area is 83.7 Å². The summed E-state index contributed by atoms with van der Waals surface area (Å²) in [5.74, 6) is 1.24. The zero-order valence-electron chi connectivity index (χ0n) is 8.07. The molecule has 2 N–H and O–H groups in total. The van der Waals surface area contributed by atoms with Gasteiger partial charge in [0, 0.05) is 19.3 Å². The molecule has 0 saturated carbocycles. The number of hydrogen-bond donors (Lipinski definition) is 1. The number of nitrogens with two attached hydrogens (primary N) is 1. The van der Waals surface area contributed by atoms with Crippen molar-refractivity contribution in [3.63, 3.8) is 0 Å². The Morgan fingerprint density at radius 3 is 3.08 bits per heavy atom. The summed E-state index contributed by atoms with van der Waals surface area (Å²) >= 11 is 1.90. The van der Waals surface area contributed by atoms with Gasteiger partial charge in [-0.15, -0.1) is 0 Å². The highest BCUT2D eigenvalue weighted by Gasteiger charge is 1.98. The Morgan fingerprint density at radius 1 is 1.54 bits per heavy atom. The van der Waals surface area contributed by atoms with E-state index in [4.69, 9.17) is 5.73 Å². The van der Waals surface area contributed by atoms with Gasteiger partial charge in [-0.3, -0.25) is 0 Å². The molecule has 0 unspecified atom stereocenters. The summed E-state index contributed by atoms with van der Waals surface area (Å²) in [6.45, 7) is 1.63. The molecule has 0 aliphatic heterocycles. The average molecular weight is 199 g/mol. The van der Waals surface area contributed by atoms with Crippen molar-refractivity contribution in [1.82, 2.24) is 9.55 Å². The van der Waals surface area contributed by atoms with Gasteiger partial charge in [-0.25, -0.2) is 4.98 Å². The first-order valence-electron chi connectivity index (χ1n) is 4.56. The molecule has 1 rings (SSSR count). The van der Waals surface area contributed by atoms with Gasteiger partial charge < -0.3 is 10.3 Å². The lowest BCUT2D eigenvalue weighted by atomic mass is 10.3. The van der Waals surface area contributed by atoms with Crippen molar-refractivity contribution in [2.24, 2.45) is 5.73 Å². The van der Waals surface area contributed by atoms with Crippen LogP contribution in [0, 0.1) is 0 Å². The van der Waals surface area contributed by atoms with Crippen LogP contribution in [0.2, 0.25) is 0 Å². The predicted molar refractivity (Wildman–Crippen MR) is 57.7 cm³/mol. The number of aromatic nitrogens is 2.